The number of ether oxygens (including phenoxy) is 2. The van der Waals surface area contributed by atoms with Crippen molar-refractivity contribution in [1.29, 1.82) is 0 Å². The minimum absolute atomic E-state index is 0.0149. The van der Waals surface area contributed by atoms with E-state index in [2.05, 4.69) is 28.8 Å². The summed E-state index contributed by atoms with van der Waals surface area (Å²) in [5, 5.41) is 2.96. The molecule has 1 amide bonds. The summed E-state index contributed by atoms with van der Waals surface area (Å²) in [4.78, 5) is 15.2. The monoisotopic (exact) mass is 475 g/mol. The molecule has 2 N–H and O–H groups in total. The molecule has 2 aromatic rings. The number of nitrogens with one attached hydrogen (secondary N) is 2. The van der Waals surface area contributed by atoms with Crippen molar-refractivity contribution < 1.29 is 22.7 Å². The molecule has 0 aromatic heterocycles. The Labute approximate surface area is 196 Å². The smallest absolute Gasteiger partial charge is 0.261 e. The predicted octanol–water partition coefficient (Wildman–Crippen LogP) is 3.11. The summed E-state index contributed by atoms with van der Waals surface area (Å²) in [6, 6.07) is 12.6. The Morgan fingerprint density at radius 1 is 1.12 bits per heavy atom. The highest BCUT2D eigenvalue weighted by molar-refractivity contribution is 7.92. The van der Waals surface area contributed by atoms with Crippen LogP contribution in [0.5, 0.6) is 5.75 Å². The van der Waals surface area contributed by atoms with Gasteiger partial charge in [-0.2, -0.15) is 0 Å². The maximum absolute atomic E-state index is 12.8. The minimum atomic E-state index is -3.85. The maximum atomic E-state index is 12.8. The van der Waals surface area contributed by atoms with Crippen LogP contribution in [-0.2, 0) is 14.8 Å². The number of benzene rings is 2. The van der Waals surface area contributed by atoms with Gasteiger partial charge in [0.05, 0.1) is 24.2 Å². The van der Waals surface area contributed by atoms with Gasteiger partial charge < -0.3 is 14.8 Å². The van der Waals surface area contributed by atoms with Gasteiger partial charge in [0.25, 0.3) is 15.9 Å². The number of rotatable bonds is 8. The third kappa shape index (κ3) is 6.46. The zero-order valence-electron chi connectivity index (χ0n) is 19.8. The van der Waals surface area contributed by atoms with E-state index in [0.717, 1.165) is 13.1 Å². The molecule has 0 aliphatic carbocycles. The normalized spacial score (nSPS) is 19.7. The Hall–Kier alpha value is -2.62. The summed E-state index contributed by atoms with van der Waals surface area (Å²) >= 11 is 0. The first-order valence-corrected chi connectivity index (χ1v) is 12.4. The second-order valence-corrected chi connectivity index (χ2v) is 10.7. The summed E-state index contributed by atoms with van der Waals surface area (Å²) in [6.07, 6.45) is 0.257. The Morgan fingerprint density at radius 2 is 1.76 bits per heavy atom. The first-order valence-electron chi connectivity index (χ1n) is 11.0. The molecule has 2 atom stereocenters. The van der Waals surface area contributed by atoms with Crippen LogP contribution < -0.4 is 14.8 Å². The third-order valence-electron chi connectivity index (χ3n) is 5.71. The molecule has 9 heteroatoms. The quantitative estimate of drug-likeness (QED) is 0.609. The number of sulfonamides is 1. The van der Waals surface area contributed by atoms with E-state index in [1.54, 1.807) is 43.5 Å². The molecule has 2 unspecified atom stereocenters. The average molecular weight is 476 g/mol. The van der Waals surface area contributed by atoms with Gasteiger partial charge in [0, 0.05) is 36.4 Å². The van der Waals surface area contributed by atoms with E-state index < -0.39 is 10.0 Å². The van der Waals surface area contributed by atoms with Crippen LogP contribution in [0.15, 0.2) is 53.4 Å². The summed E-state index contributed by atoms with van der Waals surface area (Å²) in [7, 11) is -2.31. The molecular weight excluding hydrogens is 442 g/mol. The Morgan fingerprint density at radius 3 is 2.36 bits per heavy atom. The van der Waals surface area contributed by atoms with Gasteiger partial charge in [-0.15, -0.1) is 0 Å². The van der Waals surface area contributed by atoms with Crippen LogP contribution in [-0.4, -0.2) is 63.7 Å². The second-order valence-electron chi connectivity index (χ2n) is 9.02. The van der Waals surface area contributed by atoms with Crippen LogP contribution in [0.1, 0.15) is 38.1 Å². The van der Waals surface area contributed by atoms with Gasteiger partial charge in [0.15, 0.2) is 0 Å². The molecule has 1 saturated heterocycles. The number of amides is 1. The van der Waals surface area contributed by atoms with Crippen molar-refractivity contribution >= 4 is 21.6 Å². The second kappa shape index (κ2) is 10.1. The summed E-state index contributed by atoms with van der Waals surface area (Å²) < 4.78 is 39.1. The molecule has 3 rings (SSSR count). The Kier molecular flexibility index (Phi) is 7.66. The fraction of sp³-hybridized carbons (Fsp3) is 0.458. The molecule has 180 valence electrons. The van der Waals surface area contributed by atoms with E-state index in [4.69, 9.17) is 9.47 Å². The number of morpholine rings is 1. The highest BCUT2D eigenvalue weighted by Gasteiger charge is 2.33. The average Bonchev–Trinajstić information content (AvgIpc) is 2.77. The SMILES string of the molecule is COc1ccc(NS(=O)(=O)c2cccc(C(=O)NCC(C)(C)N3CC(C)OC(C)C3)c2)cc1. The van der Waals surface area contributed by atoms with Crippen LogP contribution in [0.25, 0.3) is 0 Å². The largest absolute Gasteiger partial charge is 0.497 e. The van der Waals surface area contributed by atoms with E-state index in [1.807, 2.05) is 13.8 Å². The Balaban J connectivity index is 1.67. The molecule has 0 spiro atoms. The van der Waals surface area contributed by atoms with Crippen LogP contribution >= 0.6 is 0 Å². The topological polar surface area (TPSA) is 97.0 Å². The van der Waals surface area contributed by atoms with Gasteiger partial charge in [-0.1, -0.05) is 6.07 Å². The standard InChI is InChI=1S/C24H33N3O5S/c1-17-14-27(15-18(2)32-17)24(3,4)16-25-23(28)19-7-6-8-22(13-19)33(29,30)26-20-9-11-21(31-5)12-10-20/h6-13,17-18,26H,14-16H2,1-5H3,(H,25,28). The van der Waals surface area contributed by atoms with E-state index in [0.29, 0.717) is 18.0 Å². The lowest BCUT2D eigenvalue weighted by atomic mass is 10.00. The van der Waals surface area contributed by atoms with Crippen molar-refractivity contribution in [2.24, 2.45) is 0 Å². The summed E-state index contributed by atoms with van der Waals surface area (Å²) in [5.41, 5.74) is 0.412. The maximum Gasteiger partial charge on any atom is 0.261 e. The highest BCUT2D eigenvalue weighted by atomic mass is 32.2. The van der Waals surface area contributed by atoms with Gasteiger partial charge in [-0.3, -0.25) is 14.4 Å². The van der Waals surface area contributed by atoms with Crippen molar-refractivity contribution in [3.63, 3.8) is 0 Å². The number of carbonyl (C=O) groups is 1. The van der Waals surface area contributed by atoms with Gasteiger partial charge in [0.1, 0.15) is 5.75 Å². The van der Waals surface area contributed by atoms with Gasteiger partial charge in [-0.05, 0) is 70.2 Å². The fourth-order valence-corrected chi connectivity index (χ4v) is 4.96. The molecule has 1 aliphatic heterocycles. The fourth-order valence-electron chi connectivity index (χ4n) is 3.86. The lowest BCUT2D eigenvalue weighted by Crippen LogP contribution is -2.58. The van der Waals surface area contributed by atoms with E-state index in [-0.39, 0.29) is 34.1 Å². The first-order chi connectivity index (χ1) is 15.5. The molecular formula is C24H33N3O5S. The highest BCUT2D eigenvalue weighted by Crippen LogP contribution is 2.22. The molecule has 1 aliphatic rings. The molecule has 0 saturated carbocycles. The van der Waals surface area contributed by atoms with Crippen molar-refractivity contribution in [3.8, 4) is 5.75 Å². The number of hydrogen-bond donors (Lipinski definition) is 2. The minimum Gasteiger partial charge on any atom is -0.497 e. The van der Waals surface area contributed by atoms with Crippen LogP contribution in [0.2, 0.25) is 0 Å². The van der Waals surface area contributed by atoms with Crippen LogP contribution in [0.4, 0.5) is 5.69 Å². The van der Waals surface area contributed by atoms with Crippen molar-refractivity contribution in [3.05, 3.63) is 54.1 Å². The number of hydrogen-bond acceptors (Lipinski definition) is 6. The first kappa shape index (κ1) is 25.0. The third-order valence-corrected chi connectivity index (χ3v) is 7.08. The van der Waals surface area contributed by atoms with E-state index >= 15 is 0 Å². The van der Waals surface area contributed by atoms with Gasteiger partial charge in [0.2, 0.25) is 0 Å². The molecule has 1 heterocycles. The van der Waals surface area contributed by atoms with Crippen LogP contribution in [0.3, 0.4) is 0 Å². The number of nitrogens with zero attached hydrogens (tertiary/aromatic N) is 1. The number of anilines is 1. The van der Waals surface area contributed by atoms with Gasteiger partial charge in [-0.25, -0.2) is 8.42 Å². The lowest BCUT2D eigenvalue weighted by molar-refractivity contribution is -0.0948. The summed E-state index contributed by atoms with van der Waals surface area (Å²) in [5.74, 6) is 0.305. The molecule has 33 heavy (non-hydrogen) atoms. The van der Waals surface area contributed by atoms with Gasteiger partial charge >= 0.3 is 0 Å². The molecule has 8 nitrogen and oxygen atoms in total. The predicted molar refractivity (Wildman–Crippen MR) is 128 cm³/mol. The molecule has 0 radical (unpaired) electrons. The number of methoxy groups -OCH3 is 1. The number of carbonyl (C=O) groups excluding carboxylic acids is 1. The Bertz CT molecular complexity index is 1060. The van der Waals surface area contributed by atoms with Crippen molar-refractivity contribution in [2.75, 3.05) is 31.5 Å². The zero-order valence-corrected chi connectivity index (χ0v) is 20.6. The van der Waals surface area contributed by atoms with E-state index in [9.17, 15) is 13.2 Å². The molecule has 0 bridgehead atoms. The summed E-state index contributed by atoms with van der Waals surface area (Å²) in [6.45, 7) is 10.3. The van der Waals surface area contributed by atoms with Crippen molar-refractivity contribution in [2.45, 2.75) is 50.3 Å². The van der Waals surface area contributed by atoms with Crippen LogP contribution in [0, 0.1) is 0 Å². The zero-order chi connectivity index (χ0) is 24.2. The van der Waals surface area contributed by atoms with E-state index in [1.165, 1.54) is 12.1 Å². The molecule has 2 aromatic carbocycles. The lowest BCUT2D eigenvalue weighted by Gasteiger charge is -2.45. The van der Waals surface area contributed by atoms with Crippen molar-refractivity contribution in [1.82, 2.24) is 10.2 Å². The molecule has 1 fully saturated rings.